The lowest BCUT2D eigenvalue weighted by Crippen LogP contribution is -2.37. The summed E-state index contributed by atoms with van der Waals surface area (Å²) in [7, 11) is 0. The fourth-order valence-corrected chi connectivity index (χ4v) is 3.77. The Balaban J connectivity index is 1.35. The Morgan fingerprint density at radius 3 is 2.59 bits per heavy atom. The molecule has 0 amide bonds. The molecule has 37 heavy (non-hydrogen) atoms. The van der Waals surface area contributed by atoms with E-state index >= 15 is 0 Å². The molecule has 0 atom stereocenters. The first kappa shape index (κ1) is 24.2. The molecule has 0 spiro atoms. The summed E-state index contributed by atoms with van der Waals surface area (Å²) in [5.74, 6) is 1.87. The number of nitrogens with zero attached hydrogens (tertiary/aromatic N) is 6. The molecule has 2 aromatic heterocycles. The van der Waals surface area contributed by atoms with Gasteiger partial charge in [0.05, 0.1) is 29.4 Å². The summed E-state index contributed by atoms with van der Waals surface area (Å²) < 4.78 is 11.2. The van der Waals surface area contributed by atoms with Gasteiger partial charge in [0.25, 0.3) is 5.69 Å². The highest BCUT2D eigenvalue weighted by Crippen LogP contribution is 2.32. The fraction of sp³-hybridized carbons (Fsp3) is 0.167. The molecule has 1 aliphatic rings. The minimum absolute atomic E-state index is 0.0847. The number of nitro benzene ring substituents is 1. The van der Waals surface area contributed by atoms with Crippen molar-refractivity contribution in [2.45, 2.75) is 0 Å². The smallest absolute Gasteiger partial charge is 0.270 e. The molecule has 4 aromatic rings. The van der Waals surface area contributed by atoms with Gasteiger partial charge in [0.15, 0.2) is 0 Å². The van der Waals surface area contributed by atoms with E-state index in [0.717, 1.165) is 5.69 Å². The first-order valence-electron chi connectivity index (χ1n) is 11.3. The lowest BCUT2D eigenvalue weighted by molar-refractivity contribution is -0.384. The molecule has 3 heterocycles. The number of nitro groups is 1. The number of anilines is 4. The molecular weight excluding hydrogens is 500 g/mol. The first-order valence-corrected chi connectivity index (χ1v) is 11.7. The van der Waals surface area contributed by atoms with Gasteiger partial charge in [0, 0.05) is 36.5 Å². The summed E-state index contributed by atoms with van der Waals surface area (Å²) >= 11 is 6.21. The molecule has 0 bridgehead atoms. The van der Waals surface area contributed by atoms with Crippen molar-refractivity contribution in [3.8, 4) is 11.3 Å². The van der Waals surface area contributed by atoms with Gasteiger partial charge in [-0.3, -0.25) is 10.1 Å². The predicted molar refractivity (Wildman–Crippen MR) is 140 cm³/mol. The van der Waals surface area contributed by atoms with Crippen molar-refractivity contribution < 1.29 is 14.1 Å². The summed E-state index contributed by atoms with van der Waals surface area (Å²) in [6, 6.07) is 17.0. The molecule has 2 N–H and O–H groups in total. The Labute approximate surface area is 216 Å². The maximum atomic E-state index is 11.1. The number of furan rings is 1. The third kappa shape index (κ3) is 6.00. The van der Waals surface area contributed by atoms with Crippen LogP contribution in [0.1, 0.15) is 5.76 Å². The van der Waals surface area contributed by atoms with Gasteiger partial charge in [-0.05, 0) is 30.3 Å². The van der Waals surface area contributed by atoms with Gasteiger partial charge in [-0.25, -0.2) is 5.43 Å². The second-order valence-electron chi connectivity index (χ2n) is 7.87. The number of non-ortho nitro benzene ring substituents is 1. The molecule has 1 aliphatic heterocycles. The van der Waals surface area contributed by atoms with Gasteiger partial charge < -0.3 is 19.4 Å². The zero-order chi connectivity index (χ0) is 25.6. The summed E-state index contributed by atoms with van der Waals surface area (Å²) in [6.07, 6.45) is 1.44. The summed E-state index contributed by atoms with van der Waals surface area (Å²) in [5.41, 5.74) is 3.97. The number of rotatable bonds is 8. The van der Waals surface area contributed by atoms with Crippen molar-refractivity contribution in [1.82, 2.24) is 15.0 Å². The molecule has 13 heteroatoms. The molecule has 12 nitrogen and oxygen atoms in total. The van der Waals surface area contributed by atoms with Crippen LogP contribution < -0.4 is 15.6 Å². The summed E-state index contributed by atoms with van der Waals surface area (Å²) in [4.78, 5) is 26.1. The first-order chi connectivity index (χ1) is 18.0. The van der Waals surface area contributed by atoms with Crippen LogP contribution in [0, 0.1) is 10.1 Å². The van der Waals surface area contributed by atoms with E-state index in [9.17, 15) is 10.1 Å². The number of morpholine rings is 1. The number of hydrogen-bond donors (Lipinski definition) is 2. The Morgan fingerprint density at radius 1 is 1.03 bits per heavy atom. The van der Waals surface area contributed by atoms with Crippen molar-refractivity contribution in [3.63, 3.8) is 0 Å². The minimum atomic E-state index is -0.490. The molecule has 2 aromatic carbocycles. The molecular formula is C24H21ClN8O4. The van der Waals surface area contributed by atoms with Gasteiger partial charge >= 0.3 is 0 Å². The topological polar surface area (TPSA) is 144 Å². The van der Waals surface area contributed by atoms with Crippen LogP contribution in [-0.4, -0.2) is 52.4 Å². The monoisotopic (exact) mass is 520 g/mol. The largest absolute Gasteiger partial charge is 0.455 e. The SMILES string of the molecule is O=[N+]([O-])c1ccc(Cl)c(-c2ccc(/C=N/Nc3nc(Nc4ccccc4)nc(N4CCOCC4)n3)o2)c1. The average Bonchev–Trinajstić information content (AvgIpc) is 3.38. The van der Waals surface area contributed by atoms with E-state index < -0.39 is 4.92 Å². The zero-order valence-corrected chi connectivity index (χ0v) is 20.1. The normalized spacial score (nSPS) is 13.6. The van der Waals surface area contributed by atoms with Crippen LogP contribution in [0.15, 0.2) is 70.2 Å². The minimum Gasteiger partial charge on any atom is -0.455 e. The molecule has 0 unspecified atom stereocenters. The number of benzene rings is 2. The van der Waals surface area contributed by atoms with E-state index in [1.165, 1.54) is 24.4 Å². The van der Waals surface area contributed by atoms with Gasteiger partial charge in [0.2, 0.25) is 17.8 Å². The number of para-hydroxylation sites is 1. The van der Waals surface area contributed by atoms with Crippen LogP contribution in [0.5, 0.6) is 0 Å². The molecule has 1 fully saturated rings. The fourth-order valence-electron chi connectivity index (χ4n) is 3.56. The number of hydrazone groups is 1. The van der Waals surface area contributed by atoms with E-state index in [4.69, 9.17) is 20.8 Å². The lowest BCUT2D eigenvalue weighted by atomic mass is 10.1. The molecule has 5 rings (SSSR count). The van der Waals surface area contributed by atoms with Crippen LogP contribution in [0.2, 0.25) is 5.02 Å². The van der Waals surface area contributed by atoms with E-state index in [1.54, 1.807) is 12.1 Å². The van der Waals surface area contributed by atoms with Crippen LogP contribution in [0.4, 0.5) is 29.2 Å². The zero-order valence-electron chi connectivity index (χ0n) is 19.4. The predicted octanol–water partition coefficient (Wildman–Crippen LogP) is 4.72. The number of halogens is 1. The Bertz CT molecular complexity index is 1420. The highest BCUT2D eigenvalue weighted by atomic mass is 35.5. The van der Waals surface area contributed by atoms with E-state index in [2.05, 4.69) is 30.8 Å². The summed E-state index contributed by atoms with van der Waals surface area (Å²) in [6.45, 7) is 2.49. The van der Waals surface area contributed by atoms with Gasteiger partial charge in [-0.1, -0.05) is 29.8 Å². The van der Waals surface area contributed by atoms with Crippen molar-refractivity contribution >= 4 is 47.0 Å². The van der Waals surface area contributed by atoms with E-state index in [0.29, 0.717) is 60.3 Å². The second-order valence-corrected chi connectivity index (χ2v) is 8.27. The Morgan fingerprint density at radius 2 is 1.81 bits per heavy atom. The van der Waals surface area contributed by atoms with Crippen LogP contribution >= 0.6 is 11.6 Å². The maximum absolute atomic E-state index is 11.1. The lowest BCUT2D eigenvalue weighted by Gasteiger charge is -2.27. The summed E-state index contributed by atoms with van der Waals surface area (Å²) in [5, 5.41) is 18.8. The highest BCUT2D eigenvalue weighted by Gasteiger charge is 2.17. The average molecular weight is 521 g/mol. The standard InChI is InChI=1S/C24H21ClN8O4/c25-20-8-6-17(33(34)35)14-19(20)21-9-7-18(37-21)15-26-31-23-28-22(27-16-4-2-1-3-5-16)29-24(30-23)32-10-12-36-13-11-32/h1-9,14-15H,10-13H2,(H2,27,28,29,30,31)/b26-15+. The molecule has 1 saturated heterocycles. The number of nitrogens with one attached hydrogen (secondary N) is 2. The van der Waals surface area contributed by atoms with Crippen LogP contribution in [0.3, 0.4) is 0 Å². The Kier molecular flexibility index (Phi) is 7.19. The van der Waals surface area contributed by atoms with Gasteiger partial charge in [-0.15, -0.1) is 0 Å². The van der Waals surface area contributed by atoms with Gasteiger partial charge in [0.1, 0.15) is 11.5 Å². The number of ether oxygens (including phenoxy) is 1. The number of hydrogen-bond acceptors (Lipinski definition) is 11. The molecule has 0 aliphatic carbocycles. The maximum Gasteiger partial charge on any atom is 0.270 e. The highest BCUT2D eigenvalue weighted by molar-refractivity contribution is 6.33. The number of aromatic nitrogens is 3. The van der Waals surface area contributed by atoms with Crippen LogP contribution in [0.25, 0.3) is 11.3 Å². The van der Waals surface area contributed by atoms with Gasteiger partial charge in [-0.2, -0.15) is 20.1 Å². The Hall–Kier alpha value is -4.55. The molecule has 0 saturated carbocycles. The van der Waals surface area contributed by atoms with Crippen molar-refractivity contribution in [1.29, 1.82) is 0 Å². The van der Waals surface area contributed by atoms with E-state index in [-0.39, 0.29) is 11.6 Å². The van der Waals surface area contributed by atoms with Crippen molar-refractivity contribution in [2.75, 3.05) is 41.9 Å². The van der Waals surface area contributed by atoms with Crippen LogP contribution in [-0.2, 0) is 4.74 Å². The van der Waals surface area contributed by atoms with E-state index in [1.807, 2.05) is 35.2 Å². The third-order valence-electron chi connectivity index (χ3n) is 5.36. The van der Waals surface area contributed by atoms with Crippen molar-refractivity contribution in [3.05, 3.63) is 81.6 Å². The third-order valence-corrected chi connectivity index (χ3v) is 5.69. The molecule has 0 radical (unpaired) electrons. The van der Waals surface area contributed by atoms with Crippen molar-refractivity contribution in [2.24, 2.45) is 5.10 Å². The molecule has 188 valence electrons. The second kappa shape index (κ2) is 11.0. The quantitative estimate of drug-likeness (QED) is 0.190.